The third-order valence-corrected chi connectivity index (χ3v) is 0.902. The van der Waals surface area contributed by atoms with Gasteiger partial charge in [-0.05, 0) is 6.72 Å². The summed E-state index contributed by atoms with van der Waals surface area (Å²) in [7, 11) is 0. The molecule has 0 radical (unpaired) electrons. The molecule has 0 spiro atoms. The summed E-state index contributed by atoms with van der Waals surface area (Å²) in [6.45, 7) is 10.8. The first-order chi connectivity index (χ1) is 4.22. The highest BCUT2D eigenvalue weighted by atomic mass is 14.9. The highest BCUT2D eigenvalue weighted by Crippen LogP contribution is 1.97. The van der Waals surface area contributed by atoms with Crippen LogP contribution in [0.15, 0.2) is 22.8 Å². The van der Waals surface area contributed by atoms with E-state index in [1.54, 1.807) is 0 Å². The summed E-state index contributed by atoms with van der Waals surface area (Å²) in [5, 5.41) is 0. The van der Waals surface area contributed by atoms with Crippen LogP contribution in [-0.4, -0.2) is 12.6 Å². The smallest absolute Gasteiger partial charge is 0.129 e. The van der Waals surface area contributed by atoms with Gasteiger partial charge in [0.15, 0.2) is 0 Å². The van der Waals surface area contributed by atoms with E-state index in [9.17, 15) is 0 Å². The average molecular weight is 124 g/mol. The molecule has 0 unspecified atom stereocenters. The second-order valence-electron chi connectivity index (χ2n) is 1.98. The average Bonchev–Trinajstić information content (AvgIpc) is 1.82. The van der Waals surface area contributed by atoms with Crippen molar-refractivity contribution in [2.45, 2.75) is 13.8 Å². The molecule has 0 amide bonds. The van der Waals surface area contributed by atoms with Crippen molar-refractivity contribution in [2.75, 3.05) is 0 Å². The van der Waals surface area contributed by atoms with E-state index in [0.29, 0.717) is 5.92 Å². The van der Waals surface area contributed by atoms with Crippen LogP contribution in [0.25, 0.3) is 0 Å². The summed E-state index contributed by atoms with van der Waals surface area (Å²) in [4.78, 5) is 7.60. The zero-order chi connectivity index (χ0) is 7.28. The van der Waals surface area contributed by atoms with Crippen molar-refractivity contribution >= 4 is 12.6 Å². The molecule has 0 bridgehead atoms. The maximum absolute atomic E-state index is 3.89. The maximum Gasteiger partial charge on any atom is 0.129 e. The van der Waals surface area contributed by atoms with Gasteiger partial charge in [0.1, 0.15) is 5.84 Å². The fourth-order valence-corrected chi connectivity index (χ4v) is 0.466. The number of hydrogen-bond acceptors (Lipinski definition) is 1. The summed E-state index contributed by atoms with van der Waals surface area (Å²) in [5.74, 6) is 1.07. The van der Waals surface area contributed by atoms with Gasteiger partial charge in [0.05, 0.1) is 0 Å². The Balaban J connectivity index is 4.13. The minimum Gasteiger partial charge on any atom is -0.249 e. The van der Waals surface area contributed by atoms with E-state index in [0.717, 1.165) is 5.84 Å². The molecule has 2 heteroatoms. The summed E-state index contributed by atoms with van der Waals surface area (Å²) in [6.07, 6.45) is 1.48. The molecule has 0 atom stereocenters. The van der Waals surface area contributed by atoms with Gasteiger partial charge in [0.25, 0.3) is 0 Å². The van der Waals surface area contributed by atoms with E-state index in [-0.39, 0.29) is 0 Å². The van der Waals surface area contributed by atoms with Gasteiger partial charge in [-0.3, -0.25) is 0 Å². The standard InChI is InChI=1S/C7H12N2/c1-5-9-7(8-4)6(2)3/h5-6H,1,4H2,2-3H3. The minimum absolute atomic E-state index is 0.334. The Morgan fingerprint density at radius 2 is 2.11 bits per heavy atom. The first-order valence-electron chi connectivity index (χ1n) is 2.87. The molecule has 0 saturated heterocycles. The van der Waals surface area contributed by atoms with Gasteiger partial charge >= 0.3 is 0 Å². The lowest BCUT2D eigenvalue weighted by molar-refractivity contribution is 0.874. The molecule has 2 nitrogen and oxygen atoms in total. The number of rotatable bonds is 2. The molecular formula is C7H12N2. The number of nitrogens with zero attached hydrogens (tertiary/aromatic N) is 2. The van der Waals surface area contributed by atoms with Crippen molar-refractivity contribution in [1.82, 2.24) is 0 Å². The number of hydrogen-bond donors (Lipinski definition) is 0. The van der Waals surface area contributed by atoms with E-state index in [1.165, 1.54) is 6.20 Å². The Hall–Kier alpha value is -0.920. The van der Waals surface area contributed by atoms with Crippen LogP contribution in [0.3, 0.4) is 0 Å². The van der Waals surface area contributed by atoms with Crippen molar-refractivity contribution < 1.29 is 0 Å². The Morgan fingerprint density at radius 1 is 1.56 bits per heavy atom. The second-order valence-corrected chi connectivity index (χ2v) is 1.98. The van der Waals surface area contributed by atoms with Crippen molar-refractivity contribution in [3.8, 4) is 0 Å². The topological polar surface area (TPSA) is 24.7 Å². The van der Waals surface area contributed by atoms with Crippen LogP contribution in [0.1, 0.15) is 13.8 Å². The van der Waals surface area contributed by atoms with Gasteiger partial charge in [-0.1, -0.05) is 20.4 Å². The lowest BCUT2D eigenvalue weighted by Gasteiger charge is -1.99. The SMILES string of the molecule is C=CN=C(N=C)C(C)C. The molecule has 9 heavy (non-hydrogen) atoms. The van der Waals surface area contributed by atoms with Crippen LogP contribution in [0, 0.1) is 5.92 Å². The molecule has 0 heterocycles. The highest BCUT2D eigenvalue weighted by Gasteiger charge is 1.98. The molecule has 0 aromatic rings. The lowest BCUT2D eigenvalue weighted by Crippen LogP contribution is -2.01. The number of aliphatic imine (C=N–C) groups is 2. The van der Waals surface area contributed by atoms with E-state index in [2.05, 4.69) is 23.3 Å². The predicted octanol–water partition coefficient (Wildman–Crippen LogP) is 1.89. The summed E-state index contributed by atoms with van der Waals surface area (Å²) in [5.41, 5.74) is 0. The van der Waals surface area contributed by atoms with Crippen molar-refractivity contribution in [3.63, 3.8) is 0 Å². The monoisotopic (exact) mass is 124 g/mol. The van der Waals surface area contributed by atoms with Crippen LogP contribution < -0.4 is 0 Å². The van der Waals surface area contributed by atoms with Crippen molar-refractivity contribution in [2.24, 2.45) is 15.9 Å². The van der Waals surface area contributed by atoms with Gasteiger partial charge in [0, 0.05) is 12.1 Å². The van der Waals surface area contributed by atoms with E-state index in [1.807, 2.05) is 13.8 Å². The maximum atomic E-state index is 3.89. The van der Waals surface area contributed by atoms with Crippen LogP contribution in [-0.2, 0) is 0 Å². The molecule has 0 N–H and O–H groups in total. The molecule has 0 saturated carbocycles. The van der Waals surface area contributed by atoms with Gasteiger partial charge in [-0.2, -0.15) is 0 Å². The second kappa shape index (κ2) is 4.01. The zero-order valence-corrected chi connectivity index (χ0v) is 5.96. The molecule has 0 aromatic carbocycles. The summed E-state index contributed by atoms with van der Waals surface area (Å²) >= 11 is 0. The third kappa shape index (κ3) is 2.80. The van der Waals surface area contributed by atoms with Crippen molar-refractivity contribution in [1.29, 1.82) is 0 Å². The molecule has 50 valence electrons. The number of amidine groups is 1. The normalized spacial score (nSPS) is 11.7. The Kier molecular flexibility index (Phi) is 3.60. The molecule has 0 aliphatic carbocycles. The molecule has 0 aliphatic rings. The van der Waals surface area contributed by atoms with Gasteiger partial charge in [-0.25, -0.2) is 9.98 Å². The van der Waals surface area contributed by atoms with E-state index >= 15 is 0 Å². The fraction of sp³-hybridized carbons (Fsp3) is 0.429. The molecule has 0 rings (SSSR count). The molecule has 0 aliphatic heterocycles. The zero-order valence-electron chi connectivity index (χ0n) is 5.96. The van der Waals surface area contributed by atoms with Gasteiger partial charge < -0.3 is 0 Å². The molecule has 0 aromatic heterocycles. The van der Waals surface area contributed by atoms with Crippen LogP contribution in [0.2, 0.25) is 0 Å². The minimum atomic E-state index is 0.334. The summed E-state index contributed by atoms with van der Waals surface area (Å²) < 4.78 is 0. The first kappa shape index (κ1) is 8.08. The van der Waals surface area contributed by atoms with E-state index in [4.69, 9.17) is 0 Å². The van der Waals surface area contributed by atoms with Crippen LogP contribution in [0.5, 0.6) is 0 Å². The Morgan fingerprint density at radius 3 is 2.22 bits per heavy atom. The fourth-order valence-electron chi connectivity index (χ4n) is 0.466. The van der Waals surface area contributed by atoms with Gasteiger partial charge in [-0.15, -0.1) is 0 Å². The predicted molar refractivity (Wildman–Crippen MR) is 42.0 cm³/mol. The van der Waals surface area contributed by atoms with Crippen molar-refractivity contribution in [3.05, 3.63) is 12.8 Å². The van der Waals surface area contributed by atoms with Gasteiger partial charge in [0.2, 0.25) is 0 Å². The van der Waals surface area contributed by atoms with E-state index < -0.39 is 0 Å². The lowest BCUT2D eigenvalue weighted by atomic mass is 10.2. The molecular weight excluding hydrogens is 112 g/mol. The molecule has 0 fully saturated rings. The van der Waals surface area contributed by atoms with Crippen LogP contribution in [0.4, 0.5) is 0 Å². The quantitative estimate of drug-likeness (QED) is 0.396. The Labute approximate surface area is 56.0 Å². The first-order valence-corrected chi connectivity index (χ1v) is 2.87. The largest absolute Gasteiger partial charge is 0.249 e. The highest BCUT2D eigenvalue weighted by molar-refractivity contribution is 5.88. The Bertz CT molecular complexity index is 134. The summed E-state index contributed by atoms with van der Waals surface area (Å²) in [6, 6.07) is 0. The van der Waals surface area contributed by atoms with Crippen LogP contribution >= 0.6 is 0 Å². The third-order valence-electron chi connectivity index (χ3n) is 0.902.